The fourth-order valence-electron chi connectivity index (χ4n) is 6.01. The van der Waals surface area contributed by atoms with Crippen LogP contribution in [0.5, 0.6) is 5.75 Å². The van der Waals surface area contributed by atoms with E-state index < -0.39 is 8.60 Å². The quantitative estimate of drug-likeness (QED) is 0.0509. The number of para-hydroxylation sites is 1. The Labute approximate surface area is 300 Å². The zero-order valence-electron chi connectivity index (χ0n) is 32.2. The van der Waals surface area contributed by atoms with Gasteiger partial charge in [0.2, 0.25) is 0 Å². The molecule has 0 saturated heterocycles. The van der Waals surface area contributed by atoms with E-state index in [0.717, 1.165) is 57.5 Å². The number of benzene rings is 1. The third-order valence-electron chi connectivity index (χ3n) is 9.16. The topological polar surface area (TPSA) is 46.2 Å². The highest BCUT2D eigenvalue weighted by Gasteiger charge is 2.19. The van der Waals surface area contributed by atoms with Crippen molar-refractivity contribution in [3.63, 3.8) is 0 Å². The van der Waals surface area contributed by atoms with Crippen LogP contribution in [0, 0.1) is 0 Å². The summed E-state index contributed by atoms with van der Waals surface area (Å²) >= 11 is 0. The lowest BCUT2D eigenvalue weighted by Crippen LogP contribution is -2.18. The predicted molar refractivity (Wildman–Crippen MR) is 208 cm³/mol. The molecule has 2 unspecified atom stereocenters. The van der Waals surface area contributed by atoms with Gasteiger partial charge in [0.1, 0.15) is 5.75 Å². The first kappa shape index (κ1) is 45.3. The van der Waals surface area contributed by atoms with Crippen molar-refractivity contribution < 1.29 is 23.0 Å². The molecule has 0 aliphatic carbocycles. The molecule has 0 amide bonds. The average molecular weight is 695 g/mol. The van der Waals surface area contributed by atoms with Gasteiger partial charge in [-0.15, -0.1) is 0 Å². The summed E-state index contributed by atoms with van der Waals surface area (Å²) in [4.78, 5) is 0. The molecule has 0 radical (unpaired) electrons. The summed E-state index contributed by atoms with van der Waals surface area (Å²) in [7, 11) is -1.50. The summed E-state index contributed by atoms with van der Waals surface area (Å²) in [6.45, 7) is 12.0. The molecule has 0 fully saturated rings. The van der Waals surface area contributed by atoms with Gasteiger partial charge in [-0.3, -0.25) is 0 Å². The monoisotopic (exact) mass is 695 g/mol. The van der Waals surface area contributed by atoms with Gasteiger partial charge < -0.3 is 23.0 Å². The van der Waals surface area contributed by atoms with Crippen LogP contribution in [0.2, 0.25) is 0 Å². The molecule has 0 spiro atoms. The minimum atomic E-state index is -1.50. The van der Waals surface area contributed by atoms with Crippen LogP contribution in [-0.2, 0) is 18.5 Å². The minimum absolute atomic E-state index is 0.239. The number of hydrogen-bond acceptors (Lipinski definition) is 5. The molecule has 1 rings (SSSR count). The van der Waals surface area contributed by atoms with Crippen molar-refractivity contribution in [2.75, 3.05) is 26.4 Å². The van der Waals surface area contributed by atoms with Crippen molar-refractivity contribution in [3.05, 3.63) is 30.3 Å². The third kappa shape index (κ3) is 29.1. The van der Waals surface area contributed by atoms with E-state index in [-0.39, 0.29) is 12.2 Å². The van der Waals surface area contributed by atoms with Crippen molar-refractivity contribution in [2.45, 2.75) is 207 Å². The van der Waals surface area contributed by atoms with Crippen LogP contribution in [-0.4, -0.2) is 38.6 Å². The van der Waals surface area contributed by atoms with Crippen LogP contribution in [0.1, 0.15) is 195 Å². The molecular weight excluding hydrogens is 615 g/mol. The van der Waals surface area contributed by atoms with Gasteiger partial charge in [0.15, 0.2) is 0 Å². The van der Waals surface area contributed by atoms with Gasteiger partial charge in [-0.1, -0.05) is 174 Å². The van der Waals surface area contributed by atoms with Crippen molar-refractivity contribution in [3.8, 4) is 5.75 Å². The second kappa shape index (κ2) is 36.1. The third-order valence-corrected chi connectivity index (χ3v) is 10.3. The van der Waals surface area contributed by atoms with Gasteiger partial charge >= 0.3 is 8.60 Å². The zero-order chi connectivity index (χ0) is 34.6. The second-order valence-corrected chi connectivity index (χ2v) is 14.9. The summed E-state index contributed by atoms with van der Waals surface area (Å²) in [5.41, 5.74) is 0. The van der Waals surface area contributed by atoms with Crippen LogP contribution in [0.4, 0.5) is 0 Å². The standard InChI is InChI=1S/C42H79O5P/c1-5-9-13-17-19-21-28-36-43-40(30-24-15-11-7-3)34-38-45-48(47-42-32-26-23-27-33-42)46-39-35-41(31-25-16-12-8-4)44-37-29-22-20-18-14-10-6-2/h23,26-27,32-33,40-41H,5-22,24-25,28-31,34-39H2,1-4H3. The highest BCUT2D eigenvalue weighted by molar-refractivity contribution is 7.42. The fraction of sp³-hybridized carbons (Fsp3) is 0.857. The summed E-state index contributed by atoms with van der Waals surface area (Å²) in [6.07, 6.45) is 32.9. The van der Waals surface area contributed by atoms with Crippen molar-refractivity contribution >= 4 is 8.60 Å². The summed E-state index contributed by atoms with van der Waals surface area (Å²) in [5.74, 6) is 0.793. The molecule has 0 aliphatic heterocycles. The lowest BCUT2D eigenvalue weighted by molar-refractivity contribution is 0.0224. The molecule has 282 valence electrons. The van der Waals surface area contributed by atoms with E-state index in [0.29, 0.717) is 13.2 Å². The van der Waals surface area contributed by atoms with E-state index in [1.165, 1.54) is 128 Å². The van der Waals surface area contributed by atoms with Gasteiger partial charge in [-0.05, 0) is 50.7 Å². The lowest BCUT2D eigenvalue weighted by atomic mass is 10.1. The summed E-state index contributed by atoms with van der Waals surface area (Å²) < 4.78 is 31.8. The largest absolute Gasteiger partial charge is 0.427 e. The van der Waals surface area contributed by atoms with E-state index in [2.05, 4.69) is 27.7 Å². The smallest absolute Gasteiger partial charge is 0.397 e. The van der Waals surface area contributed by atoms with E-state index in [1.807, 2.05) is 30.3 Å². The molecule has 0 bridgehead atoms. The molecule has 5 nitrogen and oxygen atoms in total. The van der Waals surface area contributed by atoms with Crippen LogP contribution in [0.3, 0.4) is 0 Å². The molecule has 48 heavy (non-hydrogen) atoms. The number of rotatable bonds is 38. The fourth-order valence-corrected chi connectivity index (χ4v) is 7.00. The van der Waals surface area contributed by atoms with Crippen LogP contribution >= 0.6 is 8.60 Å². The maximum absolute atomic E-state index is 6.43. The van der Waals surface area contributed by atoms with Crippen LogP contribution in [0.25, 0.3) is 0 Å². The number of hydrogen-bond donors (Lipinski definition) is 0. The van der Waals surface area contributed by atoms with E-state index >= 15 is 0 Å². The molecule has 1 aromatic rings. The molecule has 0 aromatic heterocycles. The van der Waals surface area contributed by atoms with Gasteiger partial charge in [0, 0.05) is 13.2 Å². The maximum atomic E-state index is 6.43. The van der Waals surface area contributed by atoms with E-state index in [4.69, 9.17) is 23.0 Å². The molecule has 0 saturated carbocycles. The Balaban J connectivity index is 2.59. The Morgan fingerprint density at radius 1 is 0.417 bits per heavy atom. The second-order valence-electron chi connectivity index (χ2n) is 13.8. The van der Waals surface area contributed by atoms with Crippen molar-refractivity contribution in [2.24, 2.45) is 0 Å². The molecule has 0 N–H and O–H groups in total. The Hall–Kier alpha value is -0.710. The molecule has 6 heteroatoms. The van der Waals surface area contributed by atoms with Crippen LogP contribution < -0.4 is 4.52 Å². The average Bonchev–Trinajstić information content (AvgIpc) is 3.10. The van der Waals surface area contributed by atoms with Gasteiger partial charge in [0.05, 0.1) is 25.4 Å². The highest BCUT2D eigenvalue weighted by Crippen LogP contribution is 2.41. The lowest BCUT2D eigenvalue weighted by Gasteiger charge is -2.22. The van der Waals surface area contributed by atoms with Gasteiger partial charge in [0.25, 0.3) is 0 Å². The van der Waals surface area contributed by atoms with E-state index in [9.17, 15) is 0 Å². The molecule has 0 heterocycles. The Morgan fingerprint density at radius 3 is 1.21 bits per heavy atom. The highest BCUT2D eigenvalue weighted by atomic mass is 31.2. The Bertz CT molecular complexity index is 709. The number of unbranched alkanes of at least 4 members (excludes halogenated alkanes) is 18. The molecule has 0 aliphatic rings. The molecule has 1 aromatic carbocycles. The normalized spacial score (nSPS) is 13.5. The minimum Gasteiger partial charge on any atom is -0.427 e. The first-order valence-corrected chi connectivity index (χ1v) is 21.8. The SMILES string of the molecule is CCCCCCCCCOC(CCCCCC)CCOP(OCCC(CCCCCC)OCCCCCCCCC)Oc1ccccc1. The maximum Gasteiger partial charge on any atom is 0.397 e. The predicted octanol–water partition coefficient (Wildman–Crippen LogP) is 14.3. The van der Waals surface area contributed by atoms with Crippen molar-refractivity contribution in [1.29, 1.82) is 0 Å². The van der Waals surface area contributed by atoms with Gasteiger partial charge in [-0.2, -0.15) is 0 Å². The Kier molecular flexibility index (Phi) is 34.1. The molecule has 2 atom stereocenters. The van der Waals surface area contributed by atoms with Gasteiger partial charge in [-0.25, -0.2) is 0 Å². The first-order chi connectivity index (χ1) is 23.7. The first-order valence-electron chi connectivity index (χ1n) is 20.8. The molecular formula is C42H79O5P. The van der Waals surface area contributed by atoms with E-state index in [1.54, 1.807) is 0 Å². The summed E-state index contributed by atoms with van der Waals surface area (Å²) in [6, 6.07) is 9.96. The Morgan fingerprint density at radius 2 is 0.792 bits per heavy atom. The number of ether oxygens (including phenoxy) is 2. The zero-order valence-corrected chi connectivity index (χ0v) is 33.1. The van der Waals surface area contributed by atoms with Crippen molar-refractivity contribution in [1.82, 2.24) is 0 Å². The van der Waals surface area contributed by atoms with Crippen LogP contribution in [0.15, 0.2) is 30.3 Å². The summed E-state index contributed by atoms with van der Waals surface area (Å²) in [5, 5.41) is 0.